The minimum atomic E-state index is -4.04. The fraction of sp³-hybridized carbons (Fsp3) is 0.684. The monoisotopic (exact) mass is 618 g/mol. The highest BCUT2D eigenvalue weighted by atomic mass is 35.5. The number of hydrogen-bond donors (Lipinski definition) is 4. The third-order valence-electron chi connectivity index (χ3n) is 4.72. The maximum absolute atomic E-state index is 12.7. The SMILES string of the molecule is CC(C)(C)NS(=O)(=O)c1cc(Cl)c(S(=O)(=O)NCCNC[C@H](O)COc2nsnc2N2CCOCC2)s1. The molecule has 4 N–H and O–H groups in total. The lowest BCUT2D eigenvalue weighted by Gasteiger charge is -2.26. The minimum Gasteiger partial charge on any atom is -0.472 e. The topological polar surface area (TPSA) is 172 Å². The van der Waals surface area contributed by atoms with Gasteiger partial charge in [0, 0.05) is 38.3 Å². The molecule has 2 aromatic rings. The number of aromatic nitrogens is 2. The Balaban J connectivity index is 1.43. The van der Waals surface area contributed by atoms with Gasteiger partial charge in [-0.25, -0.2) is 26.3 Å². The lowest BCUT2D eigenvalue weighted by molar-refractivity contribution is 0.103. The number of aliphatic hydroxyl groups excluding tert-OH is 1. The second-order valence-corrected chi connectivity index (χ2v) is 15.0. The highest BCUT2D eigenvalue weighted by Gasteiger charge is 2.29. The molecule has 0 aliphatic carbocycles. The van der Waals surface area contributed by atoms with Crippen LogP contribution in [0, 0.1) is 0 Å². The second-order valence-electron chi connectivity index (χ2n) is 9.12. The van der Waals surface area contributed by atoms with Crippen molar-refractivity contribution >= 4 is 60.5 Å². The van der Waals surface area contributed by atoms with Gasteiger partial charge in [-0.15, -0.1) is 15.7 Å². The van der Waals surface area contributed by atoms with E-state index < -0.39 is 31.7 Å². The van der Waals surface area contributed by atoms with Crippen molar-refractivity contribution in [3.8, 4) is 5.88 Å². The van der Waals surface area contributed by atoms with Gasteiger partial charge < -0.3 is 24.8 Å². The summed E-state index contributed by atoms with van der Waals surface area (Å²) >= 11 is 7.64. The summed E-state index contributed by atoms with van der Waals surface area (Å²) < 4.78 is 74.0. The zero-order valence-corrected chi connectivity index (χ0v) is 24.6. The van der Waals surface area contributed by atoms with Gasteiger partial charge in [0.25, 0.3) is 25.9 Å². The van der Waals surface area contributed by atoms with E-state index in [9.17, 15) is 21.9 Å². The van der Waals surface area contributed by atoms with E-state index in [2.05, 4.69) is 23.5 Å². The number of ether oxygens (including phenoxy) is 2. The average Bonchev–Trinajstić information content (AvgIpc) is 3.44. The largest absolute Gasteiger partial charge is 0.472 e. The first-order valence-electron chi connectivity index (χ1n) is 11.3. The van der Waals surface area contributed by atoms with Crippen LogP contribution in [0.15, 0.2) is 14.5 Å². The Labute approximate surface area is 229 Å². The van der Waals surface area contributed by atoms with E-state index in [-0.39, 0.29) is 39.7 Å². The van der Waals surface area contributed by atoms with E-state index in [1.165, 1.54) is 0 Å². The maximum atomic E-state index is 12.7. The number of nitrogens with one attached hydrogen (secondary N) is 3. The number of thiophene rings is 1. The predicted molar refractivity (Wildman–Crippen MR) is 142 cm³/mol. The Bertz CT molecular complexity index is 1240. The number of nitrogens with zero attached hydrogens (tertiary/aromatic N) is 3. The summed E-state index contributed by atoms with van der Waals surface area (Å²) in [5.74, 6) is 0.978. The van der Waals surface area contributed by atoms with Gasteiger partial charge >= 0.3 is 0 Å². The highest BCUT2D eigenvalue weighted by molar-refractivity contribution is 7.94. The van der Waals surface area contributed by atoms with Crippen molar-refractivity contribution in [2.24, 2.45) is 0 Å². The second kappa shape index (κ2) is 12.8. The number of aliphatic hydroxyl groups is 1. The zero-order chi connectivity index (χ0) is 27.3. The van der Waals surface area contributed by atoms with Crippen molar-refractivity contribution < 1.29 is 31.4 Å². The molecule has 0 saturated carbocycles. The molecule has 0 spiro atoms. The van der Waals surface area contributed by atoms with Crippen LogP contribution in [0.2, 0.25) is 5.02 Å². The first kappa shape index (κ1) is 30.4. The molecule has 0 bridgehead atoms. The van der Waals surface area contributed by atoms with Gasteiger partial charge in [0.1, 0.15) is 16.9 Å². The van der Waals surface area contributed by atoms with E-state index in [0.717, 1.165) is 17.8 Å². The summed E-state index contributed by atoms with van der Waals surface area (Å²) in [6.07, 6.45) is -0.870. The van der Waals surface area contributed by atoms with Gasteiger partial charge in [0.05, 0.1) is 30.0 Å². The smallest absolute Gasteiger partial charge is 0.270 e. The van der Waals surface area contributed by atoms with Crippen LogP contribution in [-0.2, 0) is 24.8 Å². The van der Waals surface area contributed by atoms with Crippen molar-refractivity contribution in [3.05, 3.63) is 11.1 Å². The van der Waals surface area contributed by atoms with Gasteiger partial charge in [-0.1, -0.05) is 11.6 Å². The molecule has 0 aromatic carbocycles. The van der Waals surface area contributed by atoms with Crippen molar-refractivity contribution in [2.45, 2.75) is 40.8 Å². The summed E-state index contributed by atoms with van der Waals surface area (Å²) in [6, 6.07) is 1.12. The van der Waals surface area contributed by atoms with Crippen LogP contribution in [-0.4, -0.2) is 94.9 Å². The first-order chi connectivity index (χ1) is 17.3. The van der Waals surface area contributed by atoms with Crippen LogP contribution in [0.1, 0.15) is 20.8 Å². The summed E-state index contributed by atoms with van der Waals surface area (Å²) in [7, 11) is -7.97. The Morgan fingerprint density at radius 1 is 1.19 bits per heavy atom. The molecule has 13 nitrogen and oxygen atoms in total. The standard InChI is InChI=1S/C19H31ClN6O7S4/c1-19(2,3)25-36(28,29)15-10-14(20)18(34-15)37(30,31)22-5-4-21-11-13(27)12-33-17-16(23-35-24-17)26-6-8-32-9-7-26/h10,13,21-22,25,27H,4-9,11-12H2,1-3H3/t13-/m0/s1. The van der Waals surface area contributed by atoms with Crippen LogP contribution in [0.25, 0.3) is 0 Å². The molecule has 0 amide bonds. The molecule has 37 heavy (non-hydrogen) atoms. The van der Waals surface area contributed by atoms with Crippen molar-refractivity contribution in [2.75, 3.05) is 57.4 Å². The molecule has 1 saturated heterocycles. The number of anilines is 1. The van der Waals surface area contributed by atoms with Crippen molar-refractivity contribution in [1.29, 1.82) is 0 Å². The maximum Gasteiger partial charge on any atom is 0.270 e. The Morgan fingerprint density at radius 2 is 1.89 bits per heavy atom. The Morgan fingerprint density at radius 3 is 2.57 bits per heavy atom. The molecule has 0 radical (unpaired) electrons. The van der Waals surface area contributed by atoms with Crippen LogP contribution in [0.5, 0.6) is 5.88 Å². The predicted octanol–water partition coefficient (Wildman–Crippen LogP) is 0.474. The fourth-order valence-corrected chi connectivity index (χ4v) is 8.73. The number of sulfonamides is 2. The van der Waals surface area contributed by atoms with Gasteiger partial charge in [0.2, 0.25) is 5.82 Å². The number of morpholine rings is 1. The molecule has 1 atom stereocenters. The molecule has 1 fully saturated rings. The van der Waals surface area contributed by atoms with E-state index in [4.69, 9.17) is 21.1 Å². The quantitative estimate of drug-likeness (QED) is 0.230. The lowest BCUT2D eigenvalue weighted by atomic mass is 10.1. The zero-order valence-electron chi connectivity index (χ0n) is 20.6. The third kappa shape index (κ3) is 8.94. The lowest BCUT2D eigenvalue weighted by Crippen LogP contribution is -2.40. The van der Waals surface area contributed by atoms with Gasteiger partial charge in [0.15, 0.2) is 4.21 Å². The normalized spacial score (nSPS) is 16.2. The van der Waals surface area contributed by atoms with Gasteiger partial charge in [-0.3, -0.25) is 0 Å². The van der Waals surface area contributed by atoms with Crippen LogP contribution < -0.4 is 24.4 Å². The number of rotatable bonds is 13. The molecule has 3 heterocycles. The molecular formula is C19H31ClN6O7S4. The Kier molecular flexibility index (Phi) is 10.5. The van der Waals surface area contributed by atoms with E-state index >= 15 is 0 Å². The minimum absolute atomic E-state index is 0.0103. The highest BCUT2D eigenvalue weighted by Crippen LogP contribution is 2.34. The van der Waals surface area contributed by atoms with Gasteiger partial charge in [-0.2, -0.15) is 4.37 Å². The fourth-order valence-electron chi connectivity index (χ4n) is 3.18. The number of hydrogen-bond acceptors (Lipinski definition) is 13. The van der Waals surface area contributed by atoms with Gasteiger partial charge in [-0.05, 0) is 26.8 Å². The molecule has 2 aromatic heterocycles. The third-order valence-corrected chi connectivity index (χ3v) is 11.1. The number of halogens is 1. The van der Waals surface area contributed by atoms with E-state index in [1.807, 2.05) is 4.90 Å². The summed E-state index contributed by atoms with van der Waals surface area (Å²) in [4.78, 5) is 2.01. The van der Waals surface area contributed by atoms with Crippen molar-refractivity contribution in [1.82, 2.24) is 23.5 Å². The molecule has 1 aliphatic rings. The summed E-state index contributed by atoms with van der Waals surface area (Å²) in [5.41, 5.74) is -0.740. The summed E-state index contributed by atoms with van der Waals surface area (Å²) in [6.45, 7) is 7.90. The molecular weight excluding hydrogens is 588 g/mol. The summed E-state index contributed by atoms with van der Waals surface area (Å²) in [5, 5.41) is 13.0. The molecule has 0 unspecified atom stereocenters. The van der Waals surface area contributed by atoms with Crippen molar-refractivity contribution in [3.63, 3.8) is 0 Å². The molecule has 3 rings (SSSR count). The van der Waals surface area contributed by atoms with E-state index in [1.54, 1.807) is 20.8 Å². The molecule has 1 aliphatic heterocycles. The average molecular weight is 619 g/mol. The first-order valence-corrected chi connectivity index (χ1v) is 16.2. The van der Waals surface area contributed by atoms with Crippen LogP contribution in [0.4, 0.5) is 5.82 Å². The van der Waals surface area contributed by atoms with E-state index in [0.29, 0.717) is 49.3 Å². The Hall–Kier alpha value is -1.15. The molecule has 18 heteroatoms. The van der Waals surface area contributed by atoms with Crippen LogP contribution >= 0.6 is 34.7 Å². The van der Waals surface area contributed by atoms with Crippen LogP contribution in [0.3, 0.4) is 0 Å². The molecule has 210 valence electrons.